The lowest BCUT2D eigenvalue weighted by atomic mass is 9.49. The monoisotopic (exact) mass is 322 g/mol. The van der Waals surface area contributed by atoms with Gasteiger partial charge in [0.15, 0.2) is 0 Å². The normalized spacial score (nSPS) is 34.0. The molecule has 0 radical (unpaired) electrons. The van der Waals surface area contributed by atoms with Gasteiger partial charge >= 0.3 is 0 Å². The fourth-order valence-electron chi connectivity index (χ4n) is 6.30. The summed E-state index contributed by atoms with van der Waals surface area (Å²) in [5, 5.41) is 1.22. The highest BCUT2D eigenvalue weighted by Crippen LogP contribution is 2.61. The van der Waals surface area contributed by atoms with Gasteiger partial charge in [-0.05, 0) is 80.9 Å². The average molecular weight is 322 g/mol. The minimum atomic E-state index is 0.335. The number of nitrogens with zero attached hydrogens (tertiary/aromatic N) is 1. The van der Waals surface area contributed by atoms with E-state index in [0.717, 1.165) is 23.5 Å². The number of aryl methyl sites for hydroxylation is 1. The van der Waals surface area contributed by atoms with Crippen LogP contribution in [0.25, 0.3) is 11.3 Å². The van der Waals surface area contributed by atoms with Gasteiger partial charge in [-0.25, -0.2) is 4.58 Å². The van der Waals surface area contributed by atoms with E-state index in [1.165, 1.54) is 60.8 Å². The number of benzene rings is 1. The molecule has 1 heterocycles. The molecule has 0 unspecified atom stereocenters. The lowest BCUT2D eigenvalue weighted by Gasteiger charge is -2.56. The molecule has 4 saturated carbocycles. The average Bonchev–Trinajstić information content (AvgIpc) is 2.53. The molecule has 24 heavy (non-hydrogen) atoms. The molecule has 0 atom stereocenters. The second kappa shape index (κ2) is 4.97. The summed E-state index contributed by atoms with van der Waals surface area (Å²) in [7, 11) is 4.19. The van der Waals surface area contributed by atoms with Gasteiger partial charge in [-0.15, -0.1) is 0 Å². The highest BCUT2D eigenvalue weighted by molar-refractivity contribution is 5.63. The fourth-order valence-corrected chi connectivity index (χ4v) is 6.30. The zero-order valence-corrected chi connectivity index (χ0v) is 15.1. The third-order valence-corrected chi connectivity index (χ3v) is 7.03. The largest absolute Gasteiger partial charge is 0.460 e. The van der Waals surface area contributed by atoms with Gasteiger partial charge in [0, 0.05) is 17.0 Å². The summed E-state index contributed by atoms with van der Waals surface area (Å²) in [6.07, 6.45) is 8.53. The highest BCUT2D eigenvalue weighted by atomic mass is 16.3. The van der Waals surface area contributed by atoms with Crippen molar-refractivity contribution < 1.29 is 4.42 Å². The Hall–Kier alpha value is -1.57. The molecular weight excluding hydrogens is 294 g/mol. The van der Waals surface area contributed by atoms with E-state index >= 15 is 0 Å². The maximum Gasteiger partial charge on any atom is 0.203 e. The maximum atomic E-state index is 6.59. The molecule has 5 aliphatic carbocycles. The predicted molar refractivity (Wildman–Crippen MR) is 97.0 cm³/mol. The van der Waals surface area contributed by atoms with Crippen LogP contribution in [0.5, 0.6) is 0 Å². The topological polar surface area (TPSA) is 16.1 Å². The molecule has 2 nitrogen and oxygen atoms in total. The van der Waals surface area contributed by atoms with Crippen molar-refractivity contribution in [3.05, 3.63) is 40.9 Å². The first-order valence-corrected chi connectivity index (χ1v) is 9.58. The summed E-state index contributed by atoms with van der Waals surface area (Å²) >= 11 is 0. The first-order valence-electron chi connectivity index (χ1n) is 9.58. The van der Waals surface area contributed by atoms with Crippen LogP contribution in [0.2, 0.25) is 0 Å². The molecule has 0 N–H and O–H groups in total. The first-order chi connectivity index (χ1) is 11.5. The van der Waals surface area contributed by atoms with E-state index in [4.69, 9.17) is 4.42 Å². The Balaban J connectivity index is 1.68. The van der Waals surface area contributed by atoms with Gasteiger partial charge in [-0.2, -0.15) is 0 Å². The van der Waals surface area contributed by atoms with Gasteiger partial charge in [0.25, 0.3) is 0 Å². The summed E-state index contributed by atoms with van der Waals surface area (Å²) in [5.74, 6) is 5.20. The molecule has 0 saturated heterocycles. The Bertz CT molecular complexity index is 804. The molecular formula is C22H28NO+. The Morgan fingerprint density at radius 1 is 0.958 bits per heavy atom. The molecule has 0 amide bonds. The van der Waals surface area contributed by atoms with Crippen molar-refractivity contribution in [1.82, 2.24) is 4.58 Å². The lowest BCUT2D eigenvalue weighted by molar-refractivity contribution is -0.0156. The molecule has 0 spiro atoms. The molecule has 1 aliphatic heterocycles. The molecule has 0 aromatic carbocycles. The van der Waals surface area contributed by atoms with Gasteiger partial charge in [0.2, 0.25) is 5.36 Å². The minimum Gasteiger partial charge on any atom is -0.460 e. The predicted octanol–water partition coefficient (Wildman–Crippen LogP) is 4.19. The van der Waals surface area contributed by atoms with E-state index in [0.29, 0.717) is 5.41 Å². The summed E-state index contributed by atoms with van der Waals surface area (Å²) in [6, 6.07) is 8.99. The smallest absolute Gasteiger partial charge is 0.203 e. The van der Waals surface area contributed by atoms with Gasteiger partial charge in [-0.3, -0.25) is 0 Å². The Morgan fingerprint density at radius 3 is 2.17 bits per heavy atom. The number of rotatable bonds is 1. The van der Waals surface area contributed by atoms with Crippen molar-refractivity contribution in [2.45, 2.75) is 50.9 Å². The van der Waals surface area contributed by atoms with E-state index in [9.17, 15) is 0 Å². The van der Waals surface area contributed by atoms with Crippen LogP contribution in [0.15, 0.2) is 28.7 Å². The fraction of sp³-hybridized carbons (Fsp3) is 0.591. The second-order valence-corrected chi connectivity index (χ2v) is 9.07. The SMILES string of the molecule is Cc1cc(C23CC4CC(CC(C4)C2)C3)oc2cc(=[N+](C)C)ccc1-2. The molecule has 2 heteroatoms. The van der Waals surface area contributed by atoms with Crippen LogP contribution in [0.4, 0.5) is 0 Å². The summed E-state index contributed by atoms with van der Waals surface area (Å²) in [5.41, 5.74) is 2.96. The third-order valence-electron chi connectivity index (χ3n) is 7.03. The van der Waals surface area contributed by atoms with E-state index < -0.39 is 0 Å². The van der Waals surface area contributed by atoms with Crippen LogP contribution in [-0.4, -0.2) is 14.1 Å². The van der Waals surface area contributed by atoms with Gasteiger partial charge < -0.3 is 4.42 Å². The van der Waals surface area contributed by atoms with Gasteiger partial charge in [0.1, 0.15) is 25.6 Å². The van der Waals surface area contributed by atoms with E-state index in [1.807, 2.05) is 0 Å². The summed E-state index contributed by atoms with van der Waals surface area (Å²) < 4.78 is 8.75. The van der Waals surface area contributed by atoms with Crippen molar-refractivity contribution in [1.29, 1.82) is 0 Å². The molecule has 0 aromatic heterocycles. The Morgan fingerprint density at radius 2 is 1.58 bits per heavy atom. The molecule has 6 aliphatic rings. The van der Waals surface area contributed by atoms with Crippen molar-refractivity contribution in [3.8, 4) is 11.3 Å². The molecule has 4 fully saturated rings. The van der Waals surface area contributed by atoms with Gasteiger partial charge in [0.05, 0.1) is 6.07 Å². The number of fused-ring (bicyclic) bond motifs is 1. The Labute approximate surface area is 144 Å². The zero-order chi connectivity index (χ0) is 16.5. The standard InChI is InChI=1S/C22H28NO/c1-14-6-21(24-20-10-18(23(2)3)4-5-19(14)20)22-11-15-7-16(12-22)9-17(8-15)13-22/h4-6,10,15-17H,7-9,11-13H2,1-3H3/q+1. The zero-order valence-electron chi connectivity index (χ0n) is 15.1. The first kappa shape index (κ1) is 14.7. The molecule has 126 valence electrons. The van der Waals surface area contributed by atoms with Crippen molar-refractivity contribution in [2.24, 2.45) is 17.8 Å². The van der Waals surface area contributed by atoms with Crippen LogP contribution < -0.4 is 9.93 Å². The van der Waals surface area contributed by atoms with Crippen LogP contribution in [0, 0.1) is 24.7 Å². The number of hydrogen-bond donors (Lipinski definition) is 0. The maximum absolute atomic E-state index is 6.59. The lowest BCUT2D eigenvalue weighted by Crippen LogP contribution is -2.48. The molecule has 6 rings (SSSR count). The van der Waals surface area contributed by atoms with E-state index in [-0.39, 0.29) is 0 Å². The second-order valence-electron chi connectivity index (χ2n) is 9.07. The summed E-state index contributed by atoms with van der Waals surface area (Å²) in [4.78, 5) is 0. The van der Waals surface area contributed by atoms with Crippen LogP contribution in [-0.2, 0) is 5.41 Å². The molecule has 4 bridgehead atoms. The van der Waals surface area contributed by atoms with Gasteiger partial charge in [-0.1, -0.05) is 0 Å². The van der Waals surface area contributed by atoms with E-state index in [1.54, 1.807) is 0 Å². The molecule has 0 aromatic rings. The number of hydrogen-bond acceptors (Lipinski definition) is 1. The summed E-state index contributed by atoms with van der Waals surface area (Å²) in [6.45, 7) is 2.25. The highest BCUT2D eigenvalue weighted by Gasteiger charge is 2.53. The van der Waals surface area contributed by atoms with Crippen LogP contribution in [0.1, 0.15) is 49.8 Å². The van der Waals surface area contributed by atoms with Crippen molar-refractivity contribution >= 4 is 0 Å². The van der Waals surface area contributed by atoms with E-state index in [2.05, 4.69) is 49.9 Å². The quantitative estimate of drug-likeness (QED) is 0.719. The van der Waals surface area contributed by atoms with Crippen LogP contribution in [0.3, 0.4) is 0 Å². The van der Waals surface area contributed by atoms with Crippen molar-refractivity contribution in [2.75, 3.05) is 14.1 Å². The van der Waals surface area contributed by atoms with Crippen molar-refractivity contribution in [3.63, 3.8) is 0 Å². The van der Waals surface area contributed by atoms with Crippen LogP contribution >= 0.6 is 0 Å². The minimum absolute atomic E-state index is 0.335. The Kier molecular flexibility index (Phi) is 3.05. The third kappa shape index (κ3) is 2.11.